The first-order valence-corrected chi connectivity index (χ1v) is 7.80. The first-order chi connectivity index (χ1) is 9.99. The first kappa shape index (κ1) is 14.2. The number of carbonyl (C=O) groups excluding carboxylic acids is 1. The van der Waals surface area contributed by atoms with E-state index in [0.29, 0.717) is 29.1 Å². The maximum Gasteiger partial charge on any atom is 0.268 e. The maximum atomic E-state index is 12.5. The minimum absolute atomic E-state index is 0.0839. The van der Waals surface area contributed by atoms with Gasteiger partial charge in [-0.15, -0.1) is 11.3 Å². The third kappa shape index (κ3) is 2.58. The Labute approximate surface area is 126 Å². The number of H-pyrrole nitrogens is 1. The molecular formula is C14H18N4O2S. The predicted molar refractivity (Wildman–Crippen MR) is 82.3 cm³/mol. The smallest absolute Gasteiger partial charge is 0.268 e. The average molecular weight is 306 g/mol. The maximum absolute atomic E-state index is 12.5. The van der Waals surface area contributed by atoms with Gasteiger partial charge in [-0.1, -0.05) is 0 Å². The van der Waals surface area contributed by atoms with Gasteiger partial charge in [0.1, 0.15) is 10.5 Å². The van der Waals surface area contributed by atoms with Crippen LogP contribution in [0.15, 0.2) is 16.2 Å². The molecule has 1 fully saturated rings. The van der Waals surface area contributed by atoms with Gasteiger partial charge in [0, 0.05) is 13.6 Å². The molecule has 0 spiro atoms. The number of thiophene rings is 1. The third-order valence-corrected chi connectivity index (χ3v) is 4.88. The summed E-state index contributed by atoms with van der Waals surface area (Å²) in [5, 5.41) is 5.07. The fourth-order valence-electron chi connectivity index (χ4n) is 2.75. The standard InChI is InChI=1S/C14H18N4O2S/c1-14(4-5-15-8-14)13(20)18(2)7-10-16-9-3-6-21-11(9)12(19)17-10/h3,6,15H,4-5,7-8H2,1-2H3,(H,16,17,19). The van der Waals surface area contributed by atoms with Gasteiger partial charge in [-0.05, 0) is 31.3 Å². The van der Waals surface area contributed by atoms with Crippen LogP contribution in [0, 0.1) is 5.41 Å². The zero-order valence-electron chi connectivity index (χ0n) is 12.1. The van der Waals surface area contributed by atoms with Gasteiger partial charge in [-0.3, -0.25) is 9.59 Å². The van der Waals surface area contributed by atoms with Crippen LogP contribution in [0.4, 0.5) is 0 Å². The molecule has 3 rings (SSSR count). The molecule has 7 heteroatoms. The SMILES string of the molecule is CN(Cc1nc2ccsc2c(=O)[nH]1)C(=O)C1(C)CCNC1. The summed E-state index contributed by atoms with van der Waals surface area (Å²) in [7, 11) is 1.75. The lowest BCUT2D eigenvalue weighted by atomic mass is 9.88. The van der Waals surface area contributed by atoms with E-state index in [2.05, 4.69) is 15.3 Å². The molecule has 0 saturated carbocycles. The van der Waals surface area contributed by atoms with E-state index >= 15 is 0 Å². The molecule has 1 atom stereocenters. The number of carbonyl (C=O) groups is 1. The highest BCUT2D eigenvalue weighted by atomic mass is 32.1. The van der Waals surface area contributed by atoms with Crippen LogP contribution in [0.25, 0.3) is 10.2 Å². The molecule has 21 heavy (non-hydrogen) atoms. The van der Waals surface area contributed by atoms with Crippen LogP contribution in [0.5, 0.6) is 0 Å². The van der Waals surface area contributed by atoms with Crippen molar-refractivity contribution in [2.24, 2.45) is 5.41 Å². The van der Waals surface area contributed by atoms with E-state index in [4.69, 9.17) is 0 Å². The van der Waals surface area contributed by atoms with Gasteiger partial charge in [0.15, 0.2) is 0 Å². The largest absolute Gasteiger partial charge is 0.338 e. The molecule has 0 bridgehead atoms. The average Bonchev–Trinajstić information content (AvgIpc) is 3.07. The van der Waals surface area contributed by atoms with Crippen molar-refractivity contribution in [3.8, 4) is 0 Å². The quantitative estimate of drug-likeness (QED) is 0.885. The van der Waals surface area contributed by atoms with Gasteiger partial charge in [0.25, 0.3) is 5.56 Å². The molecule has 1 amide bonds. The van der Waals surface area contributed by atoms with E-state index in [-0.39, 0.29) is 16.9 Å². The van der Waals surface area contributed by atoms with Crippen LogP contribution in [-0.2, 0) is 11.3 Å². The van der Waals surface area contributed by atoms with Gasteiger partial charge in [-0.2, -0.15) is 0 Å². The number of amides is 1. The van der Waals surface area contributed by atoms with Gasteiger partial charge >= 0.3 is 0 Å². The van der Waals surface area contributed by atoms with Crippen molar-refractivity contribution in [1.29, 1.82) is 0 Å². The van der Waals surface area contributed by atoms with Crippen LogP contribution < -0.4 is 10.9 Å². The van der Waals surface area contributed by atoms with Crippen LogP contribution in [0.2, 0.25) is 0 Å². The summed E-state index contributed by atoms with van der Waals surface area (Å²) in [6, 6.07) is 1.82. The normalized spacial score (nSPS) is 21.8. The van der Waals surface area contributed by atoms with Crippen molar-refractivity contribution < 1.29 is 4.79 Å². The van der Waals surface area contributed by atoms with E-state index in [9.17, 15) is 9.59 Å². The summed E-state index contributed by atoms with van der Waals surface area (Å²) >= 11 is 1.37. The minimum atomic E-state index is -0.360. The molecule has 1 unspecified atom stereocenters. The zero-order chi connectivity index (χ0) is 15.0. The highest BCUT2D eigenvalue weighted by Crippen LogP contribution is 2.27. The number of nitrogens with one attached hydrogen (secondary N) is 2. The molecule has 1 aliphatic heterocycles. The molecule has 1 aliphatic rings. The third-order valence-electron chi connectivity index (χ3n) is 3.98. The van der Waals surface area contributed by atoms with E-state index < -0.39 is 0 Å². The van der Waals surface area contributed by atoms with E-state index in [1.54, 1.807) is 11.9 Å². The molecule has 1 saturated heterocycles. The Morgan fingerprint density at radius 3 is 3.10 bits per heavy atom. The molecule has 6 nitrogen and oxygen atoms in total. The fraction of sp³-hybridized carbons (Fsp3) is 0.500. The summed E-state index contributed by atoms with van der Waals surface area (Å²) in [6.45, 7) is 3.86. The number of aromatic nitrogens is 2. The zero-order valence-corrected chi connectivity index (χ0v) is 12.9. The Balaban J connectivity index is 1.81. The van der Waals surface area contributed by atoms with Crippen molar-refractivity contribution in [2.75, 3.05) is 20.1 Å². The van der Waals surface area contributed by atoms with E-state index in [1.807, 2.05) is 18.4 Å². The molecular weight excluding hydrogens is 288 g/mol. The molecule has 112 valence electrons. The second-order valence-corrected chi connectivity index (χ2v) is 6.71. The summed E-state index contributed by atoms with van der Waals surface area (Å²) in [5.74, 6) is 0.608. The number of rotatable bonds is 3. The Morgan fingerprint density at radius 2 is 2.38 bits per heavy atom. The highest BCUT2D eigenvalue weighted by molar-refractivity contribution is 7.17. The number of nitrogens with zero attached hydrogens (tertiary/aromatic N) is 2. The van der Waals surface area contributed by atoms with Crippen LogP contribution >= 0.6 is 11.3 Å². The Kier molecular flexibility index (Phi) is 3.54. The Morgan fingerprint density at radius 1 is 1.57 bits per heavy atom. The second-order valence-electron chi connectivity index (χ2n) is 5.80. The van der Waals surface area contributed by atoms with Crippen LogP contribution in [0.1, 0.15) is 19.2 Å². The summed E-state index contributed by atoms with van der Waals surface area (Å²) in [4.78, 5) is 33.3. The molecule has 2 N–H and O–H groups in total. The number of aromatic amines is 1. The first-order valence-electron chi connectivity index (χ1n) is 6.92. The molecule has 0 aliphatic carbocycles. The minimum Gasteiger partial charge on any atom is -0.338 e. The molecule has 3 heterocycles. The molecule has 2 aromatic rings. The predicted octanol–water partition coefficient (Wildman–Crippen LogP) is 0.943. The van der Waals surface area contributed by atoms with Crippen molar-refractivity contribution >= 4 is 27.5 Å². The molecule has 0 aromatic carbocycles. The van der Waals surface area contributed by atoms with Gasteiger partial charge in [0.2, 0.25) is 5.91 Å². The fourth-order valence-corrected chi connectivity index (χ4v) is 3.48. The lowest BCUT2D eigenvalue weighted by Gasteiger charge is -2.27. The summed E-state index contributed by atoms with van der Waals surface area (Å²) < 4.78 is 0.625. The van der Waals surface area contributed by atoms with Crippen molar-refractivity contribution in [1.82, 2.24) is 20.2 Å². The van der Waals surface area contributed by atoms with Crippen molar-refractivity contribution in [3.63, 3.8) is 0 Å². The van der Waals surface area contributed by atoms with Crippen molar-refractivity contribution in [3.05, 3.63) is 27.6 Å². The number of hydrogen-bond acceptors (Lipinski definition) is 5. The number of fused-ring (bicyclic) bond motifs is 1. The molecule has 0 radical (unpaired) electrons. The molecule has 2 aromatic heterocycles. The van der Waals surface area contributed by atoms with E-state index in [1.165, 1.54) is 11.3 Å². The van der Waals surface area contributed by atoms with Crippen molar-refractivity contribution in [2.45, 2.75) is 19.9 Å². The Bertz CT molecular complexity index is 730. The summed E-state index contributed by atoms with van der Waals surface area (Å²) in [6.07, 6.45) is 0.837. The monoisotopic (exact) mass is 306 g/mol. The van der Waals surface area contributed by atoms with Crippen LogP contribution in [-0.4, -0.2) is 40.9 Å². The van der Waals surface area contributed by atoms with Gasteiger partial charge < -0.3 is 15.2 Å². The Hall–Kier alpha value is -1.73. The number of hydrogen-bond donors (Lipinski definition) is 2. The lowest BCUT2D eigenvalue weighted by molar-refractivity contribution is -0.139. The van der Waals surface area contributed by atoms with E-state index in [0.717, 1.165) is 13.0 Å². The second kappa shape index (κ2) is 5.23. The topological polar surface area (TPSA) is 78.1 Å². The van der Waals surface area contributed by atoms with Crippen LogP contribution in [0.3, 0.4) is 0 Å². The van der Waals surface area contributed by atoms with Gasteiger partial charge in [0.05, 0.1) is 17.5 Å². The summed E-state index contributed by atoms with van der Waals surface area (Å²) in [5.41, 5.74) is 0.189. The highest BCUT2D eigenvalue weighted by Gasteiger charge is 2.38. The van der Waals surface area contributed by atoms with Gasteiger partial charge in [-0.25, -0.2) is 4.98 Å². The lowest BCUT2D eigenvalue weighted by Crippen LogP contribution is -2.41.